The molecule has 0 amide bonds. The minimum atomic E-state index is 0.201. The molecular weight excluding hydrogens is 318 g/mol. The smallest absolute Gasteiger partial charge is 0.0276 e. The van der Waals surface area contributed by atoms with Gasteiger partial charge in [0.1, 0.15) is 0 Å². The summed E-state index contributed by atoms with van der Waals surface area (Å²) in [5.41, 5.74) is 3.37. The molecule has 0 N–H and O–H groups in total. The van der Waals surface area contributed by atoms with E-state index in [-0.39, 0.29) is 21.9 Å². The minimum Gasteiger partial charge on any atom is -0.298 e. The zero-order chi connectivity index (χ0) is 22.1. The number of aliphatic imine (C=N–C) groups is 2. The van der Waals surface area contributed by atoms with E-state index in [2.05, 4.69) is 105 Å². The lowest BCUT2D eigenvalue weighted by molar-refractivity contribution is 0.0700. The summed E-state index contributed by atoms with van der Waals surface area (Å²) in [7, 11) is 5.83. The Morgan fingerprint density at radius 3 is 0.808 bits per heavy atom. The van der Waals surface area contributed by atoms with E-state index in [1.807, 2.05) is 20.9 Å². The molecule has 0 heterocycles. The first-order valence-electron chi connectivity index (χ1n) is 9.74. The van der Waals surface area contributed by atoms with Crippen molar-refractivity contribution in [2.45, 2.75) is 108 Å². The average Bonchev–Trinajstić information content (AvgIpc) is 2.34. The summed E-state index contributed by atoms with van der Waals surface area (Å²) in [5, 5.41) is 0. The van der Waals surface area contributed by atoms with Crippen molar-refractivity contribution in [1.29, 1.82) is 0 Å². The normalized spacial score (nSPS) is 12.4. The molecule has 0 radical (unpaired) electrons. The Balaban J connectivity index is -0.000000327. The Morgan fingerprint density at radius 2 is 0.808 bits per heavy atom. The molecule has 0 aliphatic rings. The van der Waals surface area contributed by atoms with Gasteiger partial charge in [0.25, 0.3) is 0 Å². The lowest BCUT2D eigenvalue weighted by atomic mass is 9.75. The summed E-state index contributed by atoms with van der Waals surface area (Å²) in [4.78, 5) is 10.5. The van der Waals surface area contributed by atoms with E-state index in [0.717, 1.165) is 5.71 Å². The molecule has 3 heteroatoms. The molecule has 0 spiro atoms. The van der Waals surface area contributed by atoms with Gasteiger partial charge in [0, 0.05) is 47.4 Å². The van der Waals surface area contributed by atoms with Crippen molar-refractivity contribution in [3.05, 3.63) is 0 Å². The van der Waals surface area contributed by atoms with E-state index >= 15 is 0 Å². The first-order chi connectivity index (χ1) is 11.1. The van der Waals surface area contributed by atoms with Gasteiger partial charge in [0.15, 0.2) is 0 Å². The van der Waals surface area contributed by atoms with Crippen LogP contribution in [0.2, 0.25) is 0 Å². The molecule has 0 atom stereocenters. The Morgan fingerprint density at radius 1 is 0.577 bits per heavy atom. The van der Waals surface area contributed by atoms with Gasteiger partial charge >= 0.3 is 0 Å². The summed E-state index contributed by atoms with van der Waals surface area (Å²) in [5.74, 6) is 0. The molecule has 0 unspecified atom stereocenters. The van der Waals surface area contributed by atoms with Gasteiger partial charge in [0.05, 0.1) is 0 Å². The minimum absolute atomic E-state index is 0.201. The first-order valence-corrected chi connectivity index (χ1v) is 9.74. The van der Waals surface area contributed by atoms with Gasteiger partial charge in [-0.25, -0.2) is 0 Å². The number of hydrogen-bond acceptors (Lipinski definition) is 3. The van der Waals surface area contributed by atoms with Crippen molar-refractivity contribution in [1.82, 2.24) is 4.90 Å². The second-order valence-electron chi connectivity index (χ2n) is 11.1. The number of rotatable bonds is 0. The molecule has 0 aliphatic carbocycles. The van der Waals surface area contributed by atoms with Crippen LogP contribution in [0, 0.1) is 10.8 Å². The van der Waals surface area contributed by atoms with Crippen LogP contribution in [0.4, 0.5) is 0 Å². The summed E-state index contributed by atoms with van der Waals surface area (Å²) < 4.78 is 0. The van der Waals surface area contributed by atoms with Crippen LogP contribution in [0.5, 0.6) is 0 Å². The fourth-order valence-corrected chi connectivity index (χ4v) is 2.80. The van der Waals surface area contributed by atoms with E-state index in [9.17, 15) is 0 Å². The fraction of sp³-hybridized carbons (Fsp3) is 0.913. The Hall–Kier alpha value is -0.700. The first kappa shape index (κ1) is 30.0. The molecule has 0 fully saturated rings. The van der Waals surface area contributed by atoms with Crippen LogP contribution in [0.15, 0.2) is 9.98 Å². The predicted octanol–water partition coefficient (Wildman–Crippen LogP) is 6.76. The van der Waals surface area contributed by atoms with Crippen molar-refractivity contribution < 1.29 is 0 Å². The van der Waals surface area contributed by atoms with E-state index < -0.39 is 0 Å². The molecule has 0 saturated carbocycles. The standard InChI is InChI=1S/C10H21N.C9H21N.C4H9N/c1-9(2,3)8(11-7)10(4,5)6;1-8(2,3)10(7)9(4,5)6;1-4(2)5-3/h1-7H3;1-7H3;1-3H3. The van der Waals surface area contributed by atoms with Gasteiger partial charge in [-0.1, -0.05) is 41.5 Å². The summed E-state index contributed by atoms with van der Waals surface area (Å²) in [6.07, 6.45) is 0. The van der Waals surface area contributed by atoms with Gasteiger partial charge in [-0.05, 0) is 62.4 Å². The highest BCUT2D eigenvalue weighted by atomic mass is 15.2. The molecule has 0 aromatic rings. The van der Waals surface area contributed by atoms with Crippen LogP contribution in [0.1, 0.15) is 96.9 Å². The van der Waals surface area contributed by atoms with E-state index in [0.29, 0.717) is 0 Å². The molecule has 0 bridgehead atoms. The zero-order valence-electron chi connectivity index (χ0n) is 21.3. The van der Waals surface area contributed by atoms with Gasteiger partial charge in [-0.15, -0.1) is 0 Å². The van der Waals surface area contributed by atoms with E-state index in [1.54, 1.807) is 7.05 Å². The molecular formula is C23H51N3. The maximum absolute atomic E-state index is 4.35. The average molecular weight is 370 g/mol. The molecule has 0 rings (SSSR count). The fourth-order valence-electron chi connectivity index (χ4n) is 2.80. The topological polar surface area (TPSA) is 28.0 Å². The Bertz CT molecular complexity index is 396. The monoisotopic (exact) mass is 369 g/mol. The number of hydrogen-bond donors (Lipinski definition) is 0. The van der Waals surface area contributed by atoms with E-state index in [1.165, 1.54) is 5.71 Å². The largest absolute Gasteiger partial charge is 0.298 e. The van der Waals surface area contributed by atoms with Crippen LogP contribution < -0.4 is 0 Å². The summed E-state index contributed by atoms with van der Waals surface area (Å²) in [6, 6.07) is 0. The second-order valence-corrected chi connectivity index (χ2v) is 11.1. The highest BCUT2D eigenvalue weighted by Gasteiger charge is 2.29. The predicted molar refractivity (Wildman–Crippen MR) is 124 cm³/mol. The summed E-state index contributed by atoms with van der Waals surface area (Å²) >= 11 is 0. The molecule has 0 saturated heterocycles. The van der Waals surface area contributed by atoms with Gasteiger partial charge in [-0.2, -0.15) is 0 Å². The maximum atomic E-state index is 4.35. The zero-order valence-corrected chi connectivity index (χ0v) is 21.3. The van der Waals surface area contributed by atoms with Crippen molar-refractivity contribution in [2.24, 2.45) is 20.8 Å². The van der Waals surface area contributed by atoms with Crippen LogP contribution in [-0.2, 0) is 0 Å². The highest BCUT2D eigenvalue weighted by molar-refractivity contribution is 5.93. The van der Waals surface area contributed by atoms with Crippen molar-refractivity contribution in [2.75, 3.05) is 21.1 Å². The van der Waals surface area contributed by atoms with Crippen molar-refractivity contribution in [3.8, 4) is 0 Å². The highest BCUT2D eigenvalue weighted by Crippen LogP contribution is 2.29. The van der Waals surface area contributed by atoms with Gasteiger partial charge in [-0.3, -0.25) is 14.9 Å². The number of nitrogens with zero attached hydrogens (tertiary/aromatic N) is 3. The molecule has 26 heavy (non-hydrogen) atoms. The van der Waals surface area contributed by atoms with Crippen LogP contribution >= 0.6 is 0 Å². The molecule has 0 aliphatic heterocycles. The lowest BCUT2D eigenvalue weighted by Gasteiger charge is -2.42. The van der Waals surface area contributed by atoms with Gasteiger partial charge in [0.2, 0.25) is 0 Å². The molecule has 0 aromatic carbocycles. The Labute approximate surface area is 166 Å². The Kier molecular flexibility index (Phi) is 13.0. The van der Waals surface area contributed by atoms with Crippen molar-refractivity contribution in [3.63, 3.8) is 0 Å². The van der Waals surface area contributed by atoms with Crippen LogP contribution in [0.25, 0.3) is 0 Å². The molecule has 158 valence electrons. The van der Waals surface area contributed by atoms with E-state index in [4.69, 9.17) is 0 Å². The SMILES string of the molecule is CN(C(C)(C)C)C(C)(C)C.CN=C(C(C)(C)C)C(C)(C)C.CN=C(C)C. The van der Waals surface area contributed by atoms with Crippen molar-refractivity contribution >= 4 is 11.4 Å². The maximum Gasteiger partial charge on any atom is 0.0276 e. The van der Waals surface area contributed by atoms with Crippen LogP contribution in [-0.4, -0.2) is 48.5 Å². The van der Waals surface area contributed by atoms with Gasteiger partial charge < -0.3 is 0 Å². The molecule has 3 nitrogen and oxygen atoms in total. The molecule has 0 aromatic heterocycles. The van der Waals surface area contributed by atoms with Crippen LogP contribution in [0.3, 0.4) is 0 Å². The lowest BCUT2D eigenvalue weighted by Crippen LogP contribution is -2.49. The third kappa shape index (κ3) is 15.5. The third-order valence-corrected chi connectivity index (χ3v) is 4.10. The summed E-state index contributed by atoms with van der Waals surface area (Å²) in [6.45, 7) is 30.6. The third-order valence-electron chi connectivity index (χ3n) is 4.10. The second kappa shape index (κ2) is 11.2. The quantitative estimate of drug-likeness (QED) is 0.433.